The van der Waals surface area contributed by atoms with Gasteiger partial charge in [-0.05, 0) is 13.2 Å². The van der Waals surface area contributed by atoms with Crippen molar-refractivity contribution in [3.05, 3.63) is 27.6 Å². The number of aromatic amines is 2. The lowest BCUT2D eigenvalue weighted by Gasteiger charge is -2.08. The summed E-state index contributed by atoms with van der Waals surface area (Å²) in [5.74, 6) is 0.0180. The zero-order valence-electron chi connectivity index (χ0n) is 10.2. The number of H-pyrrole nitrogens is 2. The van der Waals surface area contributed by atoms with E-state index in [-0.39, 0.29) is 12.5 Å². The van der Waals surface area contributed by atoms with Crippen LogP contribution in [0.4, 0.5) is 0 Å². The first-order valence-corrected chi connectivity index (χ1v) is 6.49. The summed E-state index contributed by atoms with van der Waals surface area (Å²) >= 11 is 1.23. The molecule has 2 aromatic heterocycles. The standard InChI is InChI=1S/C9H11N7O2S/c1-4-6(8(19-2)12-9(18)11-4)7(17)10-3-5-13-15-16-14-5/h3H2,1-2H3,(H,10,17)(H,11,12,18)(H,13,14,15,16). The van der Waals surface area contributed by atoms with Gasteiger partial charge in [0.15, 0.2) is 5.82 Å². The lowest BCUT2D eigenvalue weighted by atomic mass is 10.2. The fraction of sp³-hybridized carbons (Fsp3) is 0.333. The number of amides is 1. The Hall–Kier alpha value is -2.23. The molecule has 19 heavy (non-hydrogen) atoms. The van der Waals surface area contributed by atoms with Gasteiger partial charge in [0.25, 0.3) is 5.91 Å². The van der Waals surface area contributed by atoms with E-state index >= 15 is 0 Å². The Morgan fingerprint density at radius 2 is 2.26 bits per heavy atom. The molecule has 2 heterocycles. The minimum atomic E-state index is -0.475. The van der Waals surface area contributed by atoms with Crippen LogP contribution in [-0.4, -0.2) is 42.8 Å². The highest BCUT2D eigenvalue weighted by molar-refractivity contribution is 7.98. The average Bonchev–Trinajstić information content (AvgIpc) is 2.88. The number of nitrogens with one attached hydrogen (secondary N) is 3. The summed E-state index contributed by atoms with van der Waals surface area (Å²) in [6, 6.07) is 0. The Balaban J connectivity index is 2.21. The summed E-state index contributed by atoms with van der Waals surface area (Å²) in [6.45, 7) is 1.79. The van der Waals surface area contributed by atoms with Gasteiger partial charge < -0.3 is 10.3 Å². The molecule has 0 fully saturated rings. The molecule has 0 saturated heterocycles. The van der Waals surface area contributed by atoms with Crippen molar-refractivity contribution in [1.82, 2.24) is 35.9 Å². The third-order valence-corrected chi connectivity index (χ3v) is 2.99. The van der Waals surface area contributed by atoms with Gasteiger partial charge in [-0.1, -0.05) is 5.21 Å². The highest BCUT2D eigenvalue weighted by Crippen LogP contribution is 2.17. The highest BCUT2D eigenvalue weighted by atomic mass is 32.2. The molecule has 0 aromatic carbocycles. The largest absolute Gasteiger partial charge is 0.346 e. The first-order valence-electron chi connectivity index (χ1n) is 5.27. The van der Waals surface area contributed by atoms with Crippen molar-refractivity contribution < 1.29 is 4.79 Å². The zero-order valence-corrected chi connectivity index (χ0v) is 11.0. The molecule has 2 rings (SSSR count). The van der Waals surface area contributed by atoms with Crippen molar-refractivity contribution in [3.63, 3.8) is 0 Å². The van der Waals surface area contributed by atoms with Crippen LogP contribution in [0.1, 0.15) is 21.9 Å². The van der Waals surface area contributed by atoms with Gasteiger partial charge in [-0.15, -0.1) is 22.0 Å². The second-order valence-electron chi connectivity index (χ2n) is 3.56. The SMILES string of the molecule is CSc1nc(=O)[nH]c(C)c1C(=O)NCc1nn[nH]n1. The third-order valence-electron chi connectivity index (χ3n) is 2.30. The van der Waals surface area contributed by atoms with Crippen molar-refractivity contribution in [2.45, 2.75) is 18.5 Å². The molecule has 0 aliphatic heterocycles. The average molecular weight is 281 g/mol. The van der Waals surface area contributed by atoms with Crippen molar-refractivity contribution in [2.75, 3.05) is 6.26 Å². The molecule has 0 atom stereocenters. The van der Waals surface area contributed by atoms with Crippen LogP contribution >= 0.6 is 11.8 Å². The number of aromatic nitrogens is 6. The van der Waals surface area contributed by atoms with E-state index < -0.39 is 5.69 Å². The minimum absolute atomic E-state index is 0.141. The Kier molecular flexibility index (Phi) is 3.90. The molecule has 0 radical (unpaired) electrons. The van der Waals surface area contributed by atoms with E-state index in [4.69, 9.17) is 0 Å². The van der Waals surface area contributed by atoms with E-state index in [1.54, 1.807) is 13.2 Å². The molecule has 0 bridgehead atoms. The first-order chi connectivity index (χ1) is 9.11. The van der Waals surface area contributed by atoms with Gasteiger partial charge in [-0.2, -0.15) is 10.2 Å². The van der Waals surface area contributed by atoms with E-state index in [0.717, 1.165) is 0 Å². The van der Waals surface area contributed by atoms with Crippen LogP contribution in [0.15, 0.2) is 9.82 Å². The lowest BCUT2D eigenvalue weighted by molar-refractivity contribution is 0.0945. The summed E-state index contributed by atoms with van der Waals surface area (Å²) < 4.78 is 0. The van der Waals surface area contributed by atoms with Crippen LogP contribution in [0.5, 0.6) is 0 Å². The number of thioether (sulfide) groups is 1. The number of nitrogens with zero attached hydrogens (tertiary/aromatic N) is 4. The van der Waals surface area contributed by atoms with Gasteiger partial charge in [0.1, 0.15) is 5.03 Å². The van der Waals surface area contributed by atoms with Crippen LogP contribution in [0.2, 0.25) is 0 Å². The molecule has 0 aliphatic rings. The van der Waals surface area contributed by atoms with Crippen LogP contribution < -0.4 is 11.0 Å². The number of carbonyl (C=O) groups excluding carboxylic acids is 1. The molecular formula is C9H11N7O2S. The molecular weight excluding hydrogens is 270 g/mol. The summed E-state index contributed by atoms with van der Waals surface area (Å²) in [4.78, 5) is 29.6. The minimum Gasteiger partial charge on any atom is -0.344 e. The van der Waals surface area contributed by atoms with Gasteiger partial charge in [0, 0.05) is 5.69 Å². The van der Waals surface area contributed by atoms with Gasteiger partial charge in [0.05, 0.1) is 12.1 Å². The van der Waals surface area contributed by atoms with Crippen molar-refractivity contribution in [3.8, 4) is 0 Å². The predicted octanol–water partition coefficient (Wildman–Crippen LogP) is -0.757. The normalized spacial score (nSPS) is 10.4. The monoisotopic (exact) mass is 281 g/mol. The molecule has 0 unspecified atom stereocenters. The summed E-state index contributed by atoms with van der Waals surface area (Å²) in [5.41, 5.74) is 0.335. The van der Waals surface area contributed by atoms with Gasteiger partial charge in [0.2, 0.25) is 0 Å². The first kappa shape index (κ1) is 13.2. The van der Waals surface area contributed by atoms with E-state index in [9.17, 15) is 9.59 Å². The molecule has 100 valence electrons. The van der Waals surface area contributed by atoms with E-state index in [0.29, 0.717) is 22.1 Å². The maximum atomic E-state index is 12.1. The zero-order chi connectivity index (χ0) is 13.8. The molecule has 1 amide bonds. The quantitative estimate of drug-likeness (QED) is 0.496. The van der Waals surface area contributed by atoms with E-state index in [2.05, 4.69) is 35.9 Å². The Bertz CT molecular complexity index is 637. The Labute approximate surface area is 111 Å². The van der Waals surface area contributed by atoms with Crippen LogP contribution in [0.3, 0.4) is 0 Å². The van der Waals surface area contributed by atoms with Gasteiger partial charge in [-0.25, -0.2) is 4.79 Å². The number of hydrogen-bond acceptors (Lipinski definition) is 7. The van der Waals surface area contributed by atoms with Crippen LogP contribution in [-0.2, 0) is 6.54 Å². The molecule has 0 aliphatic carbocycles. The summed E-state index contributed by atoms with van der Waals surface area (Å²) in [5, 5.41) is 16.1. The topological polar surface area (TPSA) is 129 Å². The molecule has 2 aromatic rings. The van der Waals surface area contributed by atoms with Crippen molar-refractivity contribution >= 4 is 17.7 Å². The number of tetrazole rings is 1. The number of rotatable bonds is 4. The molecule has 10 heteroatoms. The van der Waals surface area contributed by atoms with E-state index in [1.807, 2.05) is 0 Å². The summed E-state index contributed by atoms with van der Waals surface area (Å²) in [7, 11) is 0. The second kappa shape index (κ2) is 5.61. The lowest BCUT2D eigenvalue weighted by Crippen LogP contribution is -2.28. The summed E-state index contributed by atoms with van der Waals surface area (Å²) in [6.07, 6.45) is 1.75. The Morgan fingerprint density at radius 3 is 2.89 bits per heavy atom. The highest BCUT2D eigenvalue weighted by Gasteiger charge is 2.17. The molecule has 0 spiro atoms. The molecule has 9 nitrogen and oxygen atoms in total. The van der Waals surface area contributed by atoms with Gasteiger partial charge >= 0.3 is 5.69 Å². The maximum absolute atomic E-state index is 12.1. The van der Waals surface area contributed by atoms with Gasteiger partial charge in [-0.3, -0.25) is 4.79 Å². The Morgan fingerprint density at radius 1 is 1.47 bits per heavy atom. The van der Waals surface area contributed by atoms with E-state index in [1.165, 1.54) is 11.8 Å². The fourth-order valence-corrected chi connectivity index (χ4v) is 2.10. The molecule has 3 N–H and O–H groups in total. The predicted molar refractivity (Wildman–Crippen MR) is 66.7 cm³/mol. The fourth-order valence-electron chi connectivity index (χ4n) is 1.48. The van der Waals surface area contributed by atoms with Crippen molar-refractivity contribution in [1.29, 1.82) is 0 Å². The molecule has 0 saturated carbocycles. The van der Waals surface area contributed by atoms with Crippen molar-refractivity contribution in [2.24, 2.45) is 0 Å². The van der Waals surface area contributed by atoms with Crippen LogP contribution in [0, 0.1) is 6.92 Å². The second-order valence-corrected chi connectivity index (χ2v) is 4.36. The third kappa shape index (κ3) is 2.96. The smallest absolute Gasteiger partial charge is 0.344 e. The van der Waals surface area contributed by atoms with Crippen LogP contribution in [0.25, 0.3) is 0 Å². The number of carbonyl (C=O) groups is 1. The maximum Gasteiger partial charge on any atom is 0.346 e. The number of hydrogen-bond donors (Lipinski definition) is 3. The number of aryl methyl sites for hydroxylation is 1.